The molecule has 23 heterocycles. The van der Waals surface area contributed by atoms with Crippen LogP contribution in [0.1, 0.15) is 164 Å². The summed E-state index contributed by atoms with van der Waals surface area (Å²) in [5.41, 5.74) is 6.83. The van der Waals surface area contributed by atoms with Crippen LogP contribution in [0.4, 0.5) is 5.69 Å². The average molecular weight is 2130 g/mol. The molecule has 148 heavy (non-hydrogen) atoms. The SMILES string of the molecule is C.C.C.C.C1CC2CNCC1O2.C1CCNCC1.C1CNCCOC1.C1COC2(C1)CCNCC2.C1CSCCN1.C=C1CCCNC1.CC1(C)COCCN1.CN1CCCNCC1.CN1CCNCC1.CN1C[C@H]2CNC[C@H]2C1.COC1CNC1.C[C@@H]1COCCN1.C[C@H]1COCCN1.O=S1(=O)CCNCC1.c1ccc(C2CNCCO2)cc1.c1ccc2c(c1)NCCO2.c1ncn2c1CNCC2.c1ncn2c1CNCC2. The van der Waals surface area contributed by atoms with Gasteiger partial charge in [0.1, 0.15) is 12.4 Å². The number of thioether (sulfide) groups is 1. The molecule has 25 rings (SSSR count). The van der Waals surface area contributed by atoms with Crippen molar-refractivity contribution < 1.29 is 51.0 Å². The summed E-state index contributed by atoms with van der Waals surface area (Å²) in [5.74, 6) is 6.14. The van der Waals surface area contributed by atoms with E-state index in [4.69, 9.17) is 42.6 Å². The van der Waals surface area contributed by atoms with Gasteiger partial charge in [0.05, 0.1) is 124 Å². The maximum atomic E-state index is 10.6. The van der Waals surface area contributed by atoms with E-state index in [-0.39, 0.29) is 41.3 Å². The fourth-order valence-electron chi connectivity index (χ4n) is 18.3. The highest BCUT2D eigenvalue weighted by Crippen LogP contribution is 2.34. The van der Waals surface area contributed by atoms with Gasteiger partial charge in [0.15, 0.2) is 9.84 Å². The molecule has 18 fully saturated rings. The van der Waals surface area contributed by atoms with E-state index < -0.39 is 9.84 Å². The highest BCUT2D eigenvalue weighted by atomic mass is 32.2. The Morgan fingerprint density at radius 1 is 0.453 bits per heavy atom. The number of aromatic nitrogens is 4. The van der Waals surface area contributed by atoms with E-state index in [2.05, 4.69) is 197 Å². The van der Waals surface area contributed by atoms with Crippen molar-refractivity contribution in [2.45, 2.75) is 215 Å². The van der Waals surface area contributed by atoms with Crippen molar-refractivity contribution in [2.24, 2.45) is 11.8 Å². The minimum Gasteiger partial charge on any atom is -0.490 e. The Kier molecular flexibility index (Phi) is 79.3. The summed E-state index contributed by atoms with van der Waals surface area (Å²) in [5, 5.41) is 58.7. The standard InChI is InChI=1S/C10H13NO.C8H15NO.C8H9NO.C7H14N2.2C6H9N3.C6H14N2.C6H11NO.C6H13NO.C6H11N.C5H12N2.3C5H11NO.C5H11N.C4H9NO2S.C4H9NO.C4H9NS.4CH4/c1-2-4-9(5-3-1)10-8-11-6-7-12-10;1-2-8(10-7-1)3-5-9-6-4-8;1-2-4-8-7(3-1)9-5-6-10-8;1-9-4-6-2-8-3-7(6)5-9;2*1-2-9-5-8-4-6(9)3-7-1;1-8-5-2-3-7-4-6-8;1-2-6-4-7-3-5(1)8-6;1-6(2)5-8-4-3-7-6;1-6-3-2-4-7-5-6;1-7-4-2-6-3-5-7;2*1-5-4-7-3-2-6-5;1-2-6-3-5-7-4-1;1-2-4-6-5-3-1;6-8(7)3-1-5-2-4-8;1-6-4-2-5-3-4;1-3-6-4-2-5-1;;;;/h1-5,10-11H,6-8H2;9H,1-7H2;1-4,9H,5-6H2;6-8H,2-5H2,1H3;2*4-5,7H,1-3H2;7H,2-6H2,1H3;5-7H,1-4H2;7H,3-5H2,1-2H3;7H,1-5H2;6H,2-5H2,1H3;2*5-6H,2-4H2,1H3;6H,1-5H2;6H,1-5H2;5H,1-4H2;4-5H,2-3H2,1H3;5H,1-4H2;4*1H4/t;;;6-,7+;;;;;;;;2*5-;;;;;;;;;/m...........10........./s1. The van der Waals surface area contributed by atoms with Crippen LogP contribution in [0.2, 0.25) is 0 Å². The van der Waals surface area contributed by atoms with E-state index >= 15 is 0 Å². The van der Waals surface area contributed by atoms with E-state index in [1.165, 1.54) is 209 Å². The number of fused-ring (bicyclic) bond motifs is 6. The van der Waals surface area contributed by atoms with E-state index in [1.807, 2.05) is 79.3 Å². The molecular weight excluding hydrogens is 1910 g/mol. The van der Waals surface area contributed by atoms with E-state index in [9.17, 15) is 8.42 Å². The number of morpholine rings is 5. The number of nitrogens with one attached hydrogen (secondary N) is 18. The van der Waals surface area contributed by atoms with Gasteiger partial charge in [0, 0.05) is 258 Å². The van der Waals surface area contributed by atoms with Gasteiger partial charge in [-0.05, 0) is 221 Å². The maximum Gasteiger partial charge on any atom is 0.152 e. The number of rotatable bonds is 2. The van der Waals surface area contributed by atoms with Gasteiger partial charge in [0.25, 0.3) is 0 Å². The number of likely N-dealkylation sites (tertiary alicyclic amines) is 1. The van der Waals surface area contributed by atoms with Gasteiger partial charge in [-0.3, -0.25) is 0 Å². The molecule has 0 saturated carbocycles. The normalized spacial score (nSPS) is 26.0. The van der Waals surface area contributed by atoms with Gasteiger partial charge in [0.2, 0.25) is 0 Å². The minimum atomic E-state index is -2.65. The topological polar surface area (TPSA) is 379 Å². The lowest BCUT2D eigenvalue weighted by atomic mass is 9.90. The van der Waals surface area contributed by atoms with Gasteiger partial charge in [-0.2, -0.15) is 11.8 Å². The second-order valence-corrected chi connectivity index (χ2v) is 44.2. The van der Waals surface area contributed by atoms with Crippen LogP contribution in [-0.4, -0.2) is 443 Å². The number of para-hydroxylation sites is 2. The summed E-state index contributed by atoms with van der Waals surface area (Å²) < 4.78 is 73.3. The highest BCUT2D eigenvalue weighted by molar-refractivity contribution is 7.99. The Morgan fingerprint density at radius 2 is 0.980 bits per heavy atom. The zero-order chi connectivity index (χ0) is 102. The average Bonchev–Trinajstić information content (AvgIpc) is 1.71. The molecule has 2 aromatic carbocycles. The molecule has 2 aromatic heterocycles. The molecule has 36 nitrogen and oxygen atoms in total. The lowest BCUT2D eigenvalue weighted by molar-refractivity contribution is -0.0190. The molecule has 1 spiro atoms. The molecule has 0 radical (unpaired) electrons. The Balaban J connectivity index is 0.000000327. The number of hydrogen-bond acceptors (Lipinski definition) is 35. The number of imidazole rings is 2. The molecular formula is C110H217N25O11S2. The first-order valence-corrected chi connectivity index (χ1v) is 58.2. The molecule has 21 aliphatic rings. The smallest absolute Gasteiger partial charge is 0.152 e. The Bertz CT molecular complexity index is 3550. The van der Waals surface area contributed by atoms with Crippen molar-refractivity contribution in [3.05, 3.63) is 109 Å². The van der Waals surface area contributed by atoms with Crippen LogP contribution >= 0.6 is 11.8 Å². The molecule has 38 heteroatoms. The molecule has 2 bridgehead atoms. The summed E-state index contributed by atoms with van der Waals surface area (Å²) in [6, 6.07) is 19.4. The third-order valence-electron chi connectivity index (χ3n) is 27.2. The molecule has 7 atom stereocenters. The number of piperidine rings is 3. The summed E-state index contributed by atoms with van der Waals surface area (Å²) in [6.45, 7) is 65.9. The predicted octanol–water partition coefficient (Wildman–Crippen LogP) is 6.60. The van der Waals surface area contributed by atoms with Crippen molar-refractivity contribution in [3.63, 3.8) is 0 Å². The Hall–Kier alpha value is -4.62. The molecule has 0 amide bonds. The quantitative estimate of drug-likeness (QED) is 0.0940. The zero-order valence-electron chi connectivity index (χ0n) is 90.4. The number of benzene rings is 2. The number of methoxy groups -OCH3 is 1. The van der Waals surface area contributed by atoms with Gasteiger partial charge < -0.3 is 162 Å². The number of likely N-dealkylation sites (N-methyl/N-ethyl adjacent to an activating group) is 2. The largest absolute Gasteiger partial charge is 0.490 e. The van der Waals surface area contributed by atoms with Crippen molar-refractivity contribution >= 4 is 27.3 Å². The van der Waals surface area contributed by atoms with Gasteiger partial charge >= 0.3 is 0 Å². The van der Waals surface area contributed by atoms with E-state index in [0.29, 0.717) is 60.6 Å². The van der Waals surface area contributed by atoms with Crippen LogP contribution in [0.15, 0.2) is 91.8 Å². The molecule has 0 aliphatic carbocycles. The van der Waals surface area contributed by atoms with Crippen molar-refractivity contribution in [1.29, 1.82) is 0 Å². The molecule has 860 valence electrons. The molecule has 18 N–H and O–H groups in total. The zero-order valence-corrected chi connectivity index (χ0v) is 92.0. The summed E-state index contributed by atoms with van der Waals surface area (Å²) in [6.07, 6.45) is 26.2. The summed E-state index contributed by atoms with van der Waals surface area (Å²) >= 11 is 2.03. The predicted molar refractivity (Wildman–Crippen MR) is 618 cm³/mol. The van der Waals surface area contributed by atoms with Crippen LogP contribution in [0.25, 0.3) is 0 Å². The molecule has 3 unspecified atom stereocenters. The van der Waals surface area contributed by atoms with Gasteiger partial charge in [-0.25, -0.2) is 18.4 Å². The van der Waals surface area contributed by atoms with Gasteiger partial charge in [-0.15, -0.1) is 0 Å². The fourth-order valence-corrected chi connectivity index (χ4v) is 20.2. The van der Waals surface area contributed by atoms with Crippen LogP contribution in [0.5, 0.6) is 5.75 Å². The first kappa shape index (κ1) is 136. The van der Waals surface area contributed by atoms with E-state index in [0.717, 1.165) is 253 Å². The number of piperazine rings is 1. The number of ether oxygens (including phenoxy) is 9. The second-order valence-electron chi connectivity index (χ2n) is 40.7. The molecule has 4 aromatic rings. The third kappa shape index (κ3) is 64.8. The second kappa shape index (κ2) is 86.5. The van der Waals surface area contributed by atoms with Crippen molar-refractivity contribution in [3.8, 4) is 5.75 Å². The Morgan fingerprint density at radius 3 is 1.42 bits per heavy atom. The Labute approximate surface area is 903 Å². The lowest BCUT2D eigenvalue weighted by Crippen LogP contribution is -2.49. The number of hydrogen-bond donors (Lipinski definition) is 18. The molecule has 18 saturated heterocycles. The van der Waals surface area contributed by atoms with Gasteiger partial charge in [-0.1, -0.05) is 90.7 Å². The monoisotopic (exact) mass is 2130 g/mol. The van der Waals surface area contributed by atoms with E-state index in [1.54, 1.807) is 7.11 Å². The summed E-state index contributed by atoms with van der Waals surface area (Å²) in [4.78, 5) is 15.2. The van der Waals surface area contributed by atoms with Crippen LogP contribution in [0.3, 0.4) is 0 Å². The first-order chi connectivity index (χ1) is 70.4. The number of anilines is 1. The highest BCUT2D eigenvalue weighted by Gasteiger charge is 2.37. The minimum absolute atomic E-state index is 0. The van der Waals surface area contributed by atoms with Crippen LogP contribution < -0.4 is 100 Å². The third-order valence-corrected chi connectivity index (χ3v) is 29.8. The number of nitrogens with zero attached hydrogens (tertiary/aromatic N) is 7. The van der Waals surface area contributed by atoms with Crippen molar-refractivity contribution in [1.82, 2.24) is 124 Å². The first-order valence-electron chi connectivity index (χ1n) is 55.3. The fraction of sp³-hybridized carbons (Fsp3) is 0.818. The van der Waals surface area contributed by atoms with Crippen LogP contribution in [0, 0.1) is 11.8 Å². The molecule has 21 aliphatic heterocycles. The summed E-state index contributed by atoms with van der Waals surface area (Å²) in [7, 11) is 5.64. The lowest BCUT2D eigenvalue weighted by Gasteiger charge is -2.32. The van der Waals surface area contributed by atoms with Crippen molar-refractivity contribution in [2.75, 3.05) is 365 Å². The maximum absolute atomic E-state index is 10.6. The number of sulfone groups is 1. The van der Waals surface area contributed by atoms with Crippen LogP contribution in [-0.2, 0) is 73.9 Å².